The van der Waals surface area contributed by atoms with Crippen LogP contribution < -0.4 is 0 Å². The van der Waals surface area contributed by atoms with Crippen LogP contribution in [0.1, 0.15) is 23.3 Å². The molecule has 2 rings (SSSR count). The van der Waals surface area contributed by atoms with E-state index < -0.39 is 5.82 Å². The summed E-state index contributed by atoms with van der Waals surface area (Å²) >= 11 is 0. The maximum absolute atomic E-state index is 13.9. The van der Waals surface area contributed by atoms with E-state index in [-0.39, 0.29) is 0 Å². The van der Waals surface area contributed by atoms with Crippen molar-refractivity contribution in [2.24, 2.45) is 0 Å². The normalized spacial score (nSPS) is 10.3. The Bertz CT molecular complexity index is 668. The summed E-state index contributed by atoms with van der Waals surface area (Å²) in [6, 6.07) is 12.1. The second-order valence-corrected chi connectivity index (χ2v) is 4.62. The Kier molecular flexibility index (Phi) is 5.09. The second-order valence-electron chi connectivity index (χ2n) is 4.62. The first-order valence-corrected chi connectivity index (χ1v) is 6.53. The number of nitriles is 2. The molecule has 2 aromatic rings. The van der Waals surface area contributed by atoms with Crippen LogP contribution in [0.5, 0.6) is 0 Å². The van der Waals surface area contributed by atoms with Gasteiger partial charge in [0.25, 0.3) is 0 Å². The zero-order valence-corrected chi connectivity index (χ0v) is 11.4. The first kappa shape index (κ1) is 14.8. The Labute approximate surface area is 122 Å². The van der Waals surface area contributed by atoms with Gasteiger partial charge in [-0.2, -0.15) is 10.5 Å². The molecule has 0 saturated carbocycles. The zero-order valence-electron chi connectivity index (χ0n) is 11.4. The van der Waals surface area contributed by atoms with Crippen molar-refractivity contribution in [1.82, 2.24) is 4.90 Å². The Morgan fingerprint density at radius 3 is 2.67 bits per heavy atom. The third kappa shape index (κ3) is 4.17. The van der Waals surface area contributed by atoms with Gasteiger partial charge in [0.05, 0.1) is 30.5 Å². The highest BCUT2D eigenvalue weighted by molar-refractivity contribution is 5.32. The Morgan fingerprint density at radius 2 is 2.05 bits per heavy atom. The van der Waals surface area contributed by atoms with Crippen molar-refractivity contribution in [3.63, 3.8) is 0 Å². The first-order valence-electron chi connectivity index (χ1n) is 6.53. The molecule has 0 saturated heterocycles. The Balaban J connectivity index is 2.11. The van der Waals surface area contributed by atoms with Gasteiger partial charge in [0.1, 0.15) is 11.6 Å². The monoisotopic (exact) mass is 283 g/mol. The van der Waals surface area contributed by atoms with Gasteiger partial charge in [0, 0.05) is 25.1 Å². The van der Waals surface area contributed by atoms with Crippen molar-refractivity contribution < 1.29 is 8.81 Å². The van der Waals surface area contributed by atoms with Crippen LogP contribution >= 0.6 is 0 Å². The van der Waals surface area contributed by atoms with Gasteiger partial charge in [-0.15, -0.1) is 0 Å². The molecule has 0 unspecified atom stereocenters. The summed E-state index contributed by atoms with van der Waals surface area (Å²) in [5.41, 5.74) is 0.796. The van der Waals surface area contributed by atoms with Gasteiger partial charge in [-0.05, 0) is 24.3 Å². The molecule has 4 nitrogen and oxygen atoms in total. The molecule has 0 aliphatic rings. The quantitative estimate of drug-likeness (QED) is 0.816. The van der Waals surface area contributed by atoms with E-state index in [0.29, 0.717) is 37.2 Å². The van der Waals surface area contributed by atoms with E-state index in [1.165, 1.54) is 6.07 Å². The van der Waals surface area contributed by atoms with E-state index >= 15 is 0 Å². The fourth-order valence-corrected chi connectivity index (χ4v) is 2.03. The molecule has 0 spiro atoms. The molecule has 5 heteroatoms. The van der Waals surface area contributed by atoms with Crippen molar-refractivity contribution >= 4 is 0 Å². The fourth-order valence-electron chi connectivity index (χ4n) is 2.03. The van der Waals surface area contributed by atoms with Crippen LogP contribution in [0.4, 0.5) is 4.39 Å². The second kappa shape index (κ2) is 7.23. The molecule has 0 fully saturated rings. The summed E-state index contributed by atoms with van der Waals surface area (Å²) in [6.07, 6.45) is 1.94. The summed E-state index contributed by atoms with van der Waals surface area (Å²) in [5, 5.41) is 17.5. The van der Waals surface area contributed by atoms with E-state index in [1.54, 1.807) is 24.5 Å². The summed E-state index contributed by atoms with van der Waals surface area (Å²) in [6.45, 7) is 1.39. The summed E-state index contributed by atoms with van der Waals surface area (Å²) in [5.74, 6) is 0.359. The summed E-state index contributed by atoms with van der Waals surface area (Å²) in [4.78, 5) is 1.94. The summed E-state index contributed by atoms with van der Waals surface area (Å²) < 4.78 is 19.2. The average Bonchev–Trinajstić information content (AvgIpc) is 2.99. The minimum absolute atomic E-state index is 0.297. The number of rotatable bonds is 6. The highest BCUT2D eigenvalue weighted by Crippen LogP contribution is 2.15. The molecule has 1 aromatic heterocycles. The highest BCUT2D eigenvalue weighted by Gasteiger charge is 2.12. The lowest BCUT2D eigenvalue weighted by Crippen LogP contribution is -2.24. The molecule has 106 valence electrons. The lowest BCUT2D eigenvalue weighted by molar-refractivity contribution is 0.237. The van der Waals surface area contributed by atoms with Crippen molar-refractivity contribution in [1.29, 1.82) is 10.5 Å². The SMILES string of the molecule is N#CCCN(Cc1ccco1)Cc1ccc(C#N)cc1F. The number of nitrogens with zero attached hydrogens (tertiary/aromatic N) is 3. The molecule has 0 aliphatic carbocycles. The average molecular weight is 283 g/mol. The minimum atomic E-state index is -0.407. The predicted octanol–water partition coefficient (Wildman–Crippen LogP) is 3.21. The van der Waals surface area contributed by atoms with Gasteiger partial charge in [0.2, 0.25) is 0 Å². The van der Waals surface area contributed by atoms with Crippen LogP contribution in [0.25, 0.3) is 0 Å². The Hall–Kier alpha value is -2.63. The van der Waals surface area contributed by atoms with Gasteiger partial charge in [-0.3, -0.25) is 4.90 Å². The molecule has 1 aromatic carbocycles. The van der Waals surface area contributed by atoms with Gasteiger partial charge in [-0.25, -0.2) is 4.39 Å². The highest BCUT2D eigenvalue weighted by atomic mass is 19.1. The maximum atomic E-state index is 13.9. The molecular weight excluding hydrogens is 269 g/mol. The van der Waals surface area contributed by atoms with Crippen LogP contribution in [0, 0.1) is 28.5 Å². The number of furan rings is 1. The largest absolute Gasteiger partial charge is 0.468 e. The molecule has 0 N–H and O–H groups in total. The third-order valence-electron chi connectivity index (χ3n) is 3.08. The first-order chi connectivity index (χ1) is 10.2. The van der Waals surface area contributed by atoms with Crippen LogP contribution in [0.2, 0.25) is 0 Å². The van der Waals surface area contributed by atoms with Crippen molar-refractivity contribution in [2.45, 2.75) is 19.5 Å². The van der Waals surface area contributed by atoms with Crippen molar-refractivity contribution in [2.75, 3.05) is 6.54 Å². The molecule has 0 aliphatic heterocycles. The lowest BCUT2D eigenvalue weighted by atomic mass is 10.1. The lowest BCUT2D eigenvalue weighted by Gasteiger charge is -2.20. The molecule has 0 bridgehead atoms. The molecule has 0 radical (unpaired) electrons. The van der Waals surface area contributed by atoms with Gasteiger partial charge in [-0.1, -0.05) is 6.07 Å². The van der Waals surface area contributed by atoms with E-state index in [0.717, 1.165) is 5.76 Å². The summed E-state index contributed by atoms with van der Waals surface area (Å²) in [7, 11) is 0. The predicted molar refractivity (Wildman–Crippen MR) is 74.2 cm³/mol. The van der Waals surface area contributed by atoms with E-state index in [4.69, 9.17) is 14.9 Å². The van der Waals surface area contributed by atoms with E-state index in [2.05, 4.69) is 6.07 Å². The number of benzene rings is 1. The smallest absolute Gasteiger partial charge is 0.129 e. The van der Waals surface area contributed by atoms with Gasteiger partial charge >= 0.3 is 0 Å². The molecule has 0 amide bonds. The number of hydrogen-bond acceptors (Lipinski definition) is 4. The standard InChI is InChI=1S/C16H14FN3O/c17-16-9-13(10-19)4-5-14(16)11-20(7-2-6-18)12-15-3-1-8-21-15/h1,3-5,8-9H,2,7,11-12H2. The molecule has 21 heavy (non-hydrogen) atoms. The van der Waals surface area contributed by atoms with Crippen molar-refractivity contribution in [3.05, 3.63) is 59.3 Å². The van der Waals surface area contributed by atoms with Crippen LogP contribution in [-0.2, 0) is 13.1 Å². The van der Waals surface area contributed by atoms with Crippen LogP contribution in [0.15, 0.2) is 41.0 Å². The molecular formula is C16H14FN3O. The van der Waals surface area contributed by atoms with Crippen molar-refractivity contribution in [3.8, 4) is 12.1 Å². The number of halogens is 1. The van der Waals surface area contributed by atoms with E-state index in [9.17, 15) is 4.39 Å². The zero-order chi connectivity index (χ0) is 15.1. The topological polar surface area (TPSA) is 64.0 Å². The molecule has 1 heterocycles. The number of hydrogen-bond donors (Lipinski definition) is 0. The van der Waals surface area contributed by atoms with Gasteiger partial charge in [0.15, 0.2) is 0 Å². The Morgan fingerprint density at radius 1 is 1.19 bits per heavy atom. The fraction of sp³-hybridized carbons (Fsp3) is 0.250. The van der Waals surface area contributed by atoms with E-state index in [1.807, 2.05) is 17.0 Å². The van der Waals surface area contributed by atoms with Crippen LogP contribution in [0.3, 0.4) is 0 Å². The third-order valence-corrected chi connectivity index (χ3v) is 3.08. The van der Waals surface area contributed by atoms with Gasteiger partial charge < -0.3 is 4.42 Å². The maximum Gasteiger partial charge on any atom is 0.129 e. The van der Waals surface area contributed by atoms with Crippen LogP contribution in [-0.4, -0.2) is 11.4 Å². The molecule has 0 atom stereocenters. The minimum Gasteiger partial charge on any atom is -0.468 e.